The lowest BCUT2D eigenvalue weighted by Gasteiger charge is -2.38. The average Bonchev–Trinajstić information content (AvgIpc) is 3.02. The average molecular weight is 469 g/mol. The first-order valence-corrected chi connectivity index (χ1v) is 13.4. The van der Waals surface area contributed by atoms with E-state index in [0.717, 1.165) is 41.9 Å². The summed E-state index contributed by atoms with van der Waals surface area (Å²) in [6, 6.07) is 8.42. The molecule has 0 saturated heterocycles. The lowest BCUT2D eigenvalue weighted by Crippen LogP contribution is -2.52. The van der Waals surface area contributed by atoms with E-state index in [1.165, 1.54) is 32.1 Å². The summed E-state index contributed by atoms with van der Waals surface area (Å²) in [7, 11) is 0. The van der Waals surface area contributed by atoms with Gasteiger partial charge in [-0.25, -0.2) is 0 Å². The number of hydrazine groups is 1. The summed E-state index contributed by atoms with van der Waals surface area (Å²) < 4.78 is 2.33. The van der Waals surface area contributed by atoms with Gasteiger partial charge in [0.25, 0.3) is 5.91 Å². The Morgan fingerprint density at radius 2 is 1.97 bits per heavy atom. The van der Waals surface area contributed by atoms with Gasteiger partial charge in [0.15, 0.2) is 0 Å². The molecule has 0 aliphatic heterocycles. The first-order chi connectivity index (χ1) is 16.0. The van der Waals surface area contributed by atoms with Crippen molar-refractivity contribution >= 4 is 16.8 Å². The lowest BCUT2D eigenvalue weighted by atomic mass is 9.74. The molecule has 5 atom stereocenters. The van der Waals surface area contributed by atoms with Gasteiger partial charge in [0.1, 0.15) is 0 Å². The quantitative estimate of drug-likeness (QED) is 0.211. The summed E-state index contributed by atoms with van der Waals surface area (Å²) in [4.78, 5) is 12.2. The van der Waals surface area contributed by atoms with Crippen LogP contribution in [0.4, 0.5) is 0 Å². The Morgan fingerprint density at radius 1 is 1.26 bits per heavy atom. The van der Waals surface area contributed by atoms with E-state index in [1.54, 1.807) is 0 Å². The number of nitrogens with one attached hydrogen (secondary N) is 2. The summed E-state index contributed by atoms with van der Waals surface area (Å²) in [5.41, 5.74) is 16.4. The number of benzene rings is 1. The van der Waals surface area contributed by atoms with Gasteiger partial charge in [0, 0.05) is 34.7 Å². The van der Waals surface area contributed by atoms with Gasteiger partial charge in [0.05, 0.1) is 5.56 Å². The van der Waals surface area contributed by atoms with Crippen LogP contribution in [0.1, 0.15) is 109 Å². The van der Waals surface area contributed by atoms with Gasteiger partial charge < -0.3 is 10.3 Å². The number of amides is 1. The van der Waals surface area contributed by atoms with Crippen LogP contribution < -0.4 is 16.6 Å². The van der Waals surface area contributed by atoms with Crippen LogP contribution >= 0.6 is 0 Å². The third-order valence-electron chi connectivity index (χ3n) is 8.75. The van der Waals surface area contributed by atoms with E-state index in [-0.39, 0.29) is 17.5 Å². The first kappa shape index (κ1) is 26.7. The van der Waals surface area contributed by atoms with Gasteiger partial charge in [-0.05, 0) is 76.2 Å². The van der Waals surface area contributed by atoms with Gasteiger partial charge in [0.2, 0.25) is 0 Å². The van der Waals surface area contributed by atoms with E-state index >= 15 is 0 Å². The molecule has 1 amide bonds. The minimum absolute atomic E-state index is 0.131. The molecule has 1 saturated carbocycles. The van der Waals surface area contributed by atoms with E-state index in [0.29, 0.717) is 16.9 Å². The van der Waals surface area contributed by atoms with Crippen LogP contribution in [0.25, 0.3) is 10.9 Å². The number of hydrogen-bond acceptors (Lipinski definition) is 3. The van der Waals surface area contributed by atoms with Crippen LogP contribution in [0.15, 0.2) is 24.3 Å². The lowest BCUT2D eigenvalue weighted by molar-refractivity contribution is 0.100. The molecule has 1 aliphatic carbocycles. The molecule has 34 heavy (non-hydrogen) atoms. The Balaban J connectivity index is 1.68. The number of para-hydroxylation sites is 1. The standard InChI is InChI=1S/C29H48N4O/c1-8-23(15-17-31-32-29(7)16-14-20(3)18-28(6,9-2)19-29)21(4)33-22(5)26(27(30)34)24-12-10-11-13-25(24)33/h10-13,20-21,23,31-32H,8-9,14-19H2,1-7H3,(H2,30,34)/t20?,21-,23?,28?,29?/m0/s1. The number of hydrogen-bond donors (Lipinski definition) is 3. The fraction of sp³-hybridized carbons (Fsp3) is 0.690. The minimum atomic E-state index is -0.344. The van der Waals surface area contributed by atoms with Crippen LogP contribution in [-0.2, 0) is 0 Å². The minimum Gasteiger partial charge on any atom is -0.366 e. The first-order valence-electron chi connectivity index (χ1n) is 13.4. The number of primary amides is 1. The van der Waals surface area contributed by atoms with Crippen molar-refractivity contribution in [2.75, 3.05) is 6.54 Å². The van der Waals surface area contributed by atoms with Crippen LogP contribution in [0.2, 0.25) is 0 Å². The Hall–Kier alpha value is -1.85. The fourth-order valence-electron chi connectivity index (χ4n) is 6.74. The monoisotopic (exact) mass is 468 g/mol. The molecule has 1 heterocycles. The maximum atomic E-state index is 12.2. The third kappa shape index (κ3) is 5.68. The number of nitrogens with zero attached hydrogens (tertiary/aromatic N) is 1. The van der Waals surface area contributed by atoms with Gasteiger partial charge in [-0.2, -0.15) is 0 Å². The highest BCUT2D eigenvalue weighted by atomic mass is 16.1. The van der Waals surface area contributed by atoms with Crippen molar-refractivity contribution in [3.8, 4) is 0 Å². The third-order valence-corrected chi connectivity index (χ3v) is 8.75. The van der Waals surface area contributed by atoms with E-state index < -0.39 is 0 Å². The second-order valence-corrected chi connectivity index (χ2v) is 11.7. The zero-order chi connectivity index (χ0) is 25.1. The zero-order valence-electron chi connectivity index (χ0n) is 22.6. The molecular formula is C29H48N4O. The van der Waals surface area contributed by atoms with Crippen molar-refractivity contribution in [3.63, 3.8) is 0 Å². The van der Waals surface area contributed by atoms with Crippen molar-refractivity contribution in [2.45, 2.75) is 105 Å². The predicted molar refractivity (Wildman–Crippen MR) is 144 cm³/mol. The van der Waals surface area contributed by atoms with Gasteiger partial charge in [-0.1, -0.05) is 58.7 Å². The molecule has 1 fully saturated rings. The van der Waals surface area contributed by atoms with Crippen LogP contribution in [-0.4, -0.2) is 22.6 Å². The largest absolute Gasteiger partial charge is 0.366 e. The summed E-state index contributed by atoms with van der Waals surface area (Å²) in [6.45, 7) is 17.1. The summed E-state index contributed by atoms with van der Waals surface area (Å²) in [6.07, 6.45) is 8.44. The van der Waals surface area contributed by atoms with Crippen LogP contribution in [0.5, 0.6) is 0 Å². The maximum Gasteiger partial charge on any atom is 0.251 e. The molecule has 4 N–H and O–H groups in total. The van der Waals surface area contributed by atoms with Crippen molar-refractivity contribution in [1.82, 2.24) is 15.4 Å². The van der Waals surface area contributed by atoms with Crippen molar-refractivity contribution in [2.24, 2.45) is 23.0 Å². The molecule has 5 heteroatoms. The fourth-order valence-corrected chi connectivity index (χ4v) is 6.74. The highest BCUT2D eigenvalue weighted by Crippen LogP contribution is 2.43. The maximum absolute atomic E-state index is 12.2. The molecule has 0 radical (unpaired) electrons. The van der Waals surface area contributed by atoms with Crippen molar-refractivity contribution < 1.29 is 4.79 Å². The number of aromatic nitrogens is 1. The normalized spacial score (nSPS) is 27.4. The molecule has 2 aromatic rings. The van der Waals surface area contributed by atoms with E-state index in [4.69, 9.17) is 5.73 Å². The number of carbonyl (C=O) groups is 1. The zero-order valence-corrected chi connectivity index (χ0v) is 22.6. The Morgan fingerprint density at radius 3 is 2.62 bits per heavy atom. The number of nitrogens with two attached hydrogens (primary N) is 1. The Labute approximate surface area is 207 Å². The summed E-state index contributed by atoms with van der Waals surface area (Å²) in [5.74, 6) is 0.944. The van der Waals surface area contributed by atoms with Crippen LogP contribution in [0, 0.1) is 24.2 Å². The van der Waals surface area contributed by atoms with Gasteiger partial charge in [-0.3, -0.25) is 15.6 Å². The number of carbonyl (C=O) groups excluding carboxylic acids is 1. The van der Waals surface area contributed by atoms with E-state index in [2.05, 4.69) is 63.0 Å². The van der Waals surface area contributed by atoms with E-state index in [9.17, 15) is 4.79 Å². The Bertz CT molecular complexity index is 982. The smallest absolute Gasteiger partial charge is 0.251 e. The molecule has 0 bridgehead atoms. The second kappa shape index (κ2) is 10.8. The topological polar surface area (TPSA) is 72.1 Å². The predicted octanol–water partition coefficient (Wildman–Crippen LogP) is 6.51. The van der Waals surface area contributed by atoms with Gasteiger partial charge >= 0.3 is 0 Å². The molecule has 4 unspecified atom stereocenters. The molecule has 1 aromatic carbocycles. The summed E-state index contributed by atoms with van der Waals surface area (Å²) >= 11 is 0. The molecule has 3 rings (SSSR count). The van der Waals surface area contributed by atoms with E-state index in [1.807, 2.05) is 25.1 Å². The number of rotatable bonds is 10. The molecule has 1 aliphatic rings. The second-order valence-electron chi connectivity index (χ2n) is 11.7. The summed E-state index contributed by atoms with van der Waals surface area (Å²) in [5, 5.41) is 0.962. The van der Waals surface area contributed by atoms with Gasteiger partial charge in [-0.15, -0.1) is 0 Å². The molecule has 0 spiro atoms. The molecular weight excluding hydrogens is 420 g/mol. The highest BCUT2D eigenvalue weighted by molar-refractivity contribution is 6.07. The van der Waals surface area contributed by atoms with Crippen molar-refractivity contribution in [3.05, 3.63) is 35.5 Å². The molecule has 190 valence electrons. The SMILES string of the molecule is CCC(CCNNC1(C)CCC(C)CC(C)(CC)C1)[C@H](C)n1c(C)c(C(N)=O)c2ccccc21. The van der Waals surface area contributed by atoms with Crippen molar-refractivity contribution in [1.29, 1.82) is 0 Å². The molecule has 1 aromatic heterocycles. The molecule has 5 nitrogen and oxygen atoms in total. The van der Waals surface area contributed by atoms with Crippen LogP contribution in [0.3, 0.4) is 0 Å². The number of fused-ring (bicyclic) bond motifs is 1. The highest BCUT2D eigenvalue weighted by Gasteiger charge is 2.38. The Kier molecular flexibility index (Phi) is 8.51.